The van der Waals surface area contributed by atoms with Crippen LogP contribution < -0.4 is 0 Å². The molecule has 86 valence electrons. The minimum absolute atomic E-state index is 0.200. The average Bonchev–Trinajstić information content (AvgIpc) is 2.95. The Morgan fingerprint density at radius 2 is 2.18 bits per heavy atom. The van der Waals surface area contributed by atoms with E-state index in [4.69, 9.17) is 16.0 Å². The molecule has 0 bridgehead atoms. The number of nitrogens with zero attached hydrogens (tertiary/aromatic N) is 1. The Labute approximate surface area is 108 Å². The van der Waals surface area contributed by atoms with E-state index in [1.807, 2.05) is 19.1 Å². The fourth-order valence-corrected chi connectivity index (χ4v) is 2.82. The molecule has 0 spiro atoms. The van der Waals surface area contributed by atoms with E-state index < -0.39 is 0 Å². The molecule has 1 atom stereocenters. The van der Waals surface area contributed by atoms with E-state index in [1.165, 1.54) is 10.1 Å². The summed E-state index contributed by atoms with van der Waals surface area (Å²) in [6.07, 6.45) is 1.74. The maximum absolute atomic E-state index is 5.94. The number of aromatic nitrogens is 1. The van der Waals surface area contributed by atoms with Crippen LogP contribution in [-0.2, 0) is 0 Å². The van der Waals surface area contributed by atoms with E-state index in [0.29, 0.717) is 5.89 Å². The van der Waals surface area contributed by atoms with Gasteiger partial charge in [0.05, 0.1) is 6.20 Å². The van der Waals surface area contributed by atoms with Crippen molar-refractivity contribution in [2.24, 2.45) is 0 Å². The predicted octanol–water partition coefficient (Wildman–Crippen LogP) is 4.86. The number of rotatable bonds is 2. The topological polar surface area (TPSA) is 26.0 Å². The van der Waals surface area contributed by atoms with Gasteiger partial charge in [-0.2, -0.15) is 0 Å². The lowest BCUT2D eigenvalue weighted by Crippen LogP contribution is -1.80. The Balaban J connectivity index is 2.14. The maximum atomic E-state index is 5.94. The second-order valence-corrected chi connectivity index (χ2v) is 5.39. The van der Waals surface area contributed by atoms with Crippen molar-refractivity contribution in [1.82, 2.24) is 4.98 Å². The summed E-state index contributed by atoms with van der Waals surface area (Å²) in [4.78, 5) is 4.18. The summed E-state index contributed by atoms with van der Waals surface area (Å²) in [6.45, 7) is 1.85. The van der Waals surface area contributed by atoms with Crippen molar-refractivity contribution in [3.05, 3.63) is 41.7 Å². The fraction of sp³-hybridized carbons (Fsp3) is 0.154. The van der Waals surface area contributed by atoms with Crippen molar-refractivity contribution in [2.75, 3.05) is 0 Å². The zero-order valence-corrected chi connectivity index (χ0v) is 10.8. The normalized spacial score (nSPS) is 13.1. The van der Waals surface area contributed by atoms with Gasteiger partial charge < -0.3 is 4.42 Å². The summed E-state index contributed by atoms with van der Waals surface area (Å²) in [5, 5.41) is 3.09. The Bertz CT molecular complexity index is 656. The number of benzene rings is 1. The lowest BCUT2D eigenvalue weighted by Gasteiger charge is -1.95. The molecule has 0 radical (unpaired) electrons. The molecule has 4 heteroatoms. The molecule has 0 saturated carbocycles. The highest BCUT2D eigenvalue weighted by Gasteiger charge is 2.13. The Morgan fingerprint density at radius 1 is 1.35 bits per heavy atom. The predicted molar refractivity (Wildman–Crippen MR) is 71.6 cm³/mol. The van der Waals surface area contributed by atoms with Gasteiger partial charge in [-0.1, -0.05) is 18.2 Å². The molecule has 0 fully saturated rings. The molecule has 0 aliphatic rings. The first-order valence-corrected chi connectivity index (χ1v) is 6.63. The van der Waals surface area contributed by atoms with E-state index >= 15 is 0 Å². The van der Waals surface area contributed by atoms with Crippen molar-refractivity contribution >= 4 is 33.0 Å². The highest BCUT2D eigenvalue weighted by Crippen LogP contribution is 2.35. The van der Waals surface area contributed by atoms with Crippen LogP contribution in [0.1, 0.15) is 18.2 Å². The highest BCUT2D eigenvalue weighted by molar-refractivity contribution is 7.17. The number of hydrogen-bond acceptors (Lipinski definition) is 3. The summed E-state index contributed by atoms with van der Waals surface area (Å²) in [5.74, 6) is 1.35. The number of thiophene rings is 1. The second kappa shape index (κ2) is 4.17. The van der Waals surface area contributed by atoms with Crippen LogP contribution in [-0.4, -0.2) is 4.98 Å². The lowest BCUT2D eigenvalue weighted by molar-refractivity contribution is 0.508. The summed E-state index contributed by atoms with van der Waals surface area (Å²) >= 11 is 7.65. The van der Waals surface area contributed by atoms with Gasteiger partial charge in [0.25, 0.3) is 0 Å². The molecule has 0 aliphatic heterocycles. The molecule has 0 saturated heterocycles. The molecule has 2 nitrogen and oxygen atoms in total. The Morgan fingerprint density at radius 3 is 2.94 bits per heavy atom. The van der Waals surface area contributed by atoms with E-state index in [9.17, 15) is 0 Å². The molecular weight excluding hydrogens is 254 g/mol. The molecule has 0 N–H and O–H groups in total. The first-order valence-electron chi connectivity index (χ1n) is 5.32. The van der Waals surface area contributed by atoms with Crippen molar-refractivity contribution in [3.63, 3.8) is 0 Å². The van der Waals surface area contributed by atoms with Crippen molar-refractivity contribution in [2.45, 2.75) is 12.3 Å². The van der Waals surface area contributed by atoms with Crippen molar-refractivity contribution < 1.29 is 4.42 Å². The van der Waals surface area contributed by atoms with E-state index in [1.54, 1.807) is 17.5 Å². The van der Waals surface area contributed by atoms with Crippen LogP contribution in [0.2, 0.25) is 0 Å². The molecule has 0 aliphatic carbocycles. The SMILES string of the molecule is CC(Cl)c1ncc(-c2csc3ccccc23)o1. The van der Waals surface area contributed by atoms with Gasteiger partial charge in [0.1, 0.15) is 5.38 Å². The minimum Gasteiger partial charge on any atom is -0.439 e. The molecule has 0 amide bonds. The van der Waals surface area contributed by atoms with Crippen LogP contribution in [0.25, 0.3) is 21.4 Å². The van der Waals surface area contributed by atoms with Crippen LogP contribution in [0.15, 0.2) is 40.3 Å². The molecule has 2 heterocycles. The summed E-state index contributed by atoms with van der Waals surface area (Å²) < 4.78 is 6.91. The lowest BCUT2D eigenvalue weighted by atomic mass is 10.1. The number of halogens is 1. The Kier molecular flexibility index (Phi) is 2.65. The number of hydrogen-bond donors (Lipinski definition) is 0. The zero-order chi connectivity index (χ0) is 11.8. The summed E-state index contributed by atoms with van der Waals surface area (Å²) in [5.41, 5.74) is 1.08. The standard InChI is InChI=1S/C13H10ClNOS/c1-8(14)13-15-6-11(16-13)10-7-17-12-5-3-2-4-9(10)12/h2-8H,1H3. The maximum Gasteiger partial charge on any atom is 0.212 e. The van der Waals surface area contributed by atoms with Crippen molar-refractivity contribution in [3.8, 4) is 11.3 Å². The van der Waals surface area contributed by atoms with Crippen LogP contribution >= 0.6 is 22.9 Å². The molecule has 1 unspecified atom stereocenters. The van der Waals surface area contributed by atoms with Crippen LogP contribution in [0.5, 0.6) is 0 Å². The largest absolute Gasteiger partial charge is 0.439 e. The smallest absolute Gasteiger partial charge is 0.212 e. The van der Waals surface area contributed by atoms with Crippen LogP contribution in [0.3, 0.4) is 0 Å². The van der Waals surface area contributed by atoms with Gasteiger partial charge in [0.15, 0.2) is 5.76 Å². The van der Waals surface area contributed by atoms with Crippen LogP contribution in [0, 0.1) is 0 Å². The van der Waals surface area contributed by atoms with Crippen LogP contribution in [0.4, 0.5) is 0 Å². The molecule has 2 aromatic heterocycles. The van der Waals surface area contributed by atoms with Gasteiger partial charge in [0, 0.05) is 21.0 Å². The second-order valence-electron chi connectivity index (χ2n) is 3.82. The van der Waals surface area contributed by atoms with Gasteiger partial charge in [-0.05, 0) is 13.0 Å². The Hall–Kier alpha value is -1.32. The quantitative estimate of drug-likeness (QED) is 0.618. The zero-order valence-electron chi connectivity index (χ0n) is 9.18. The molecule has 3 aromatic rings. The number of fused-ring (bicyclic) bond motifs is 1. The van der Waals surface area contributed by atoms with E-state index in [2.05, 4.69) is 22.5 Å². The average molecular weight is 264 g/mol. The summed E-state index contributed by atoms with van der Waals surface area (Å²) in [6, 6.07) is 8.26. The first-order chi connectivity index (χ1) is 8.25. The molecule has 1 aromatic carbocycles. The molecular formula is C13H10ClNOS. The van der Waals surface area contributed by atoms with Gasteiger partial charge in [0.2, 0.25) is 5.89 Å². The third-order valence-corrected chi connectivity index (χ3v) is 3.76. The highest BCUT2D eigenvalue weighted by atomic mass is 35.5. The third kappa shape index (κ3) is 1.85. The fourth-order valence-electron chi connectivity index (χ4n) is 1.76. The van der Waals surface area contributed by atoms with E-state index in [0.717, 1.165) is 11.3 Å². The van der Waals surface area contributed by atoms with Gasteiger partial charge in [-0.3, -0.25) is 0 Å². The summed E-state index contributed by atoms with van der Waals surface area (Å²) in [7, 11) is 0. The van der Waals surface area contributed by atoms with Gasteiger partial charge >= 0.3 is 0 Å². The number of alkyl halides is 1. The third-order valence-electron chi connectivity index (χ3n) is 2.61. The van der Waals surface area contributed by atoms with Gasteiger partial charge in [-0.25, -0.2) is 4.98 Å². The van der Waals surface area contributed by atoms with Gasteiger partial charge in [-0.15, -0.1) is 22.9 Å². The van der Waals surface area contributed by atoms with Crippen molar-refractivity contribution in [1.29, 1.82) is 0 Å². The molecule has 17 heavy (non-hydrogen) atoms. The monoisotopic (exact) mass is 263 g/mol. The van der Waals surface area contributed by atoms with E-state index in [-0.39, 0.29) is 5.38 Å². The molecule has 3 rings (SSSR count). The number of oxazole rings is 1. The minimum atomic E-state index is -0.200. The first kappa shape index (κ1) is 10.8.